The first kappa shape index (κ1) is 9.47. The minimum atomic E-state index is 0.410. The summed E-state index contributed by atoms with van der Waals surface area (Å²) in [6.45, 7) is 5.65. The van der Waals surface area contributed by atoms with E-state index in [0.29, 0.717) is 5.54 Å². The maximum Gasteiger partial charge on any atom is 0.0646 e. The van der Waals surface area contributed by atoms with Gasteiger partial charge in [-0.25, -0.2) is 0 Å². The monoisotopic (exact) mass is 183 g/mol. The van der Waals surface area contributed by atoms with Gasteiger partial charge in [-0.1, -0.05) is 0 Å². The Morgan fingerprint density at radius 2 is 1.77 bits per heavy atom. The van der Waals surface area contributed by atoms with E-state index in [2.05, 4.69) is 18.7 Å². The second kappa shape index (κ2) is 3.25. The Balaban J connectivity index is 2.17. The molecule has 0 radical (unpaired) electrons. The van der Waals surface area contributed by atoms with Crippen molar-refractivity contribution in [3.8, 4) is 0 Å². The molecular weight excluding hydrogens is 162 g/mol. The molecule has 2 unspecified atom stereocenters. The van der Waals surface area contributed by atoms with Crippen molar-refractivity contribution in [1.82, 2.24) is 4.90 Å². The highest BCUT2D eigenvalue weighted by Gasteiger charge is 2.50. The lowest BCUT2D eigenvalue weighted by Crippen LogP contribution is -2.47. The average Bonchev–Trinajstić information content (AvgIpc) is 2.56. The van der Waals surface area contributed by atoms with Crippen LogP contribution in [0.4, 0.5) is 0 Å². The molecule has 0 bridgehead atoms. The van der Waals surface area contributed by atoms with Gasteiger partial charge in [-0.15, -0.1) is 0 Å². The van der Waals surface area contributed by atoms with Gasteiger partial charge in [-0.3, -0.25) is 4.90 Å². The molecule has 2 atom stereocenters. The Bertz CT molecular complexity index is 173. The van der Waals surface area contributed by atoms with Crippen LogP contribution in [-0.2, 0) is 4.74 Å². The summed E-state index contributed by atoms with van der Waals surface area (Å²) in [5.74, 6) is 0. The fraction of sp³-hybridized carbons (Fsp3) is 1.00. The molecule has 2 fully saturated rings. The first-order valence-electron chi connectivity index (χ1n) is 5.47. The van der Waals surface area contributed by atoms with Crippen molar-refractivity contribution in [2.24, 2.45) is 0 Å². The highest BCUT2D eigenvalue weighted by Crippen LogP contribution is 2.45. The number of hydrogen-bond acceptors (Lipinski definition) is 2. The van der Waals surface area contributed by atoms with E-state index in [1.165, 1.54) is 25.7 Å². The smallest absolute Gasteiger partial charge is 0.0646 e. The van der Waals surface area contributed by atoms with Gasteiger partial charge in [0.15, 0.2) is 0 Å². The zero-order valence-electron chi connectivity index (χ0n) is 9.05. The molecule has 2 saturated heterocycles. The molecule has 0 aliphatic carbocycles. The van der Waals surface area contributed by atoms with Crippen LogP contribution >= 0.6 is 0 Å². The first-order valence-corrected chi connectivity index (χ1v) is 5.47. The van der Waals surface area contributed by atoms with Crippen LogP contribution in [0.1, 0.15) is 39.5 Å². The van der Waals surface area contributed by atoms with Crippen molar-refractivity contribution in [2.75, 3.05) is 13.7 Å². The van der Waals surface area contributed by atoms with Crippen molar-refractivity contribution in [3.05, 3.63) is 0 Å². The van der Waals surface area contributed by atoms with Gasteiger partial charge in [0.1, 0.15) is 0 Å². The van der Waals surface area contributed by atoms with E-state index in [9.17, 15) is 0 Å². The molecule has 2 heterocycles. The molecule has 0 amide bonds. The fourth-order valence-electron chi connectivity index (χ4n) is 3.47. The highest BCUT2D eigenvalue weighted by atomic mass is 16.5. The van der Waals surface area contributed by atoms with E-state index in [-0.39, 0.29) is 0 Å². The second-order valence-corrected chi connectivity index (χ2v) is 4.84. The van der Waals surface area contributed by atoms with Gasteiger partial charge < -0.3 is 4.74 Å². The van der Waals surface area contributed by atoms with Gasteiger partial charge in [0.05, 0.1) is 6.61 Å². The van der Waals surface area contributed by atoms with E-state index in [1.54, 1.807) is 0 Å². The largest absolute Gasteiger partial charge is 0.383 e. The zero-order valence-corrected chi connectivity index (χ0v) is 9.05. The molecule has 0 spiro atoms. The SMILES string of the molecule is COCC12CCC(C)N1C(C)CC2. The standard InChI is InChI=1S/C11H21NO/c1-9-4-6-11(8-13-3)7-5-10(2)12(9)11/h9-10H,4-8H2,1-3H3. The minimum Gasteiger partial charge on any atom is -0.383 e. The normalized spacial score (nSPS) is 45.5. The summed E-state index contributed by atoms with van der Waals surface area (Å²) < 4.78 is 5.39. The molecule has 0 aromatic carbocycles. The Labute approximate surface area is 81.3 Å². The Morgan fingerprint density at radius 1 is 1.23 bits per heavy atom. The number of ether oxygens (including phenoxy) is 1. The van der Waals surface area contributed by atoms with Gasteiger partial charge in [0, 0.05) is 24.7 Å². The molecule has 76 valence electrons. The summed E-state index contributed by atoms with van der Waals surface area (Å²) in [7, 11) is 1.83. The van der Waals surface area contributed by atoms with Gasteiger partial charge >= 0.3 is 0 Å². The lowest BCUT2D eigenvalue weighted by atomic mass is 9.95. The first-order chi connectivity index (χ1) is 6.19. The number of nitrogens with zero attached hydrogens (tertiary/aromatic N) is 1. The van der Waals surface area contributed by atoms with Crippen LogP contribution in [0.25, 0.3) is 0 Å². The Kier molecular flexibility index (Phi) is 2.37. The van der Waals surface area contributed by atoms with Crippen LogP contribution in [0.2, 0.25) is 0 Å². The number of hydrogen-bond donors (Lipinski definition) is 0. The minimum absolute atomic E-state index is 0.410. The molecule has 2 aliphatic heterocycles. The van der Waals surface area contributed by atoms with Gasteiger partial charge in [-0.2, -0.15) is 0 Å². The third-order valence-electron chi connectivity index (χ3n) is 3.97. The van der Waals surface area contributed by atoms with Crippen LogP contribution in [0.5, 0.6) is 0 Å². The van der Waals surface area contributed by atoms with Crippen molar-refractivity contribution < 1.29 is 4.74 Å². The topological polar surface area (TPSA) is 12.5 Å². The van der Waals surface area contributed by atoms with E-state index >= 15 is 0 Å². The quantitative estimate of drug-likeness (QED) is 0.649. The summed E-state index contributed by atoms with van der Waals surface area (Å²) in [6.07, 6.45) is 5.39. The summed E-state index contributed by atoms with van der Waals surface area (Å²) in [4.78, 5) is 2.70. The van der Waals surface area contributed by atoms with Crippen LogP contribution in [0.3, 0.4) is 0 Å². The van der Waals surface area contributed by atoms with E-state index in [0.717, 1.165) is 18.7 Å². The molecule has 2 aliphatic rings. The van der Waals surface area contributed by atoms with Crippen molar-refractivity contribution in [1.29, 1.82) is 0 Å². The van der Waals surface area contributed by atoms with Crippen LogP contribution in [0, 0.1) is 0 Å². The molecular formula is C11H21NO. The lowest BCUT2D eigenvalue weighted by Gasteiger charge is -2.36. The maximum absolute atomic E-state index is 5.39. The molecule has 2 rings (SSSR count). The highest BCUT2D eigenvalue weighted by molar-refractivity contribution is 5.06. The lowest BCUT2D eigenvalue weighted by molar-refractivity contribution is 0.0372. The summed E-state index contributed by atoms with van der Waals surface area (Å²) in [6, 6.07) is 1.54. The number of rotatable bonds is 2. The van der Waals surface area contributed by atoms with Crippen molar-refractivity contribution in [3.63, 3.8) is 0 Å². The molecule has 0 N–H and O–H groups in total. The summed E-state index contributed by atoms with van der Waals surface area (Å²) >= 11 is 0. The Hall–Kier alpha value is -0.0800. The van der Waals surface area contributed by atoms with Crippen LogP contribution < -0.4 is 0 Å². The van der Waals surface area contributed by atoms with Crippen molar-refractivity contribution >= 4 is 0 Å². The molecule has 13 heavy (non-hydrogen) atoms. The molecule has 0 aromatic heterocycles. The van der Waals surface area contributed by atoms with E-state index < -0.39 is 0 Å². The number of methoxy groups -OCH3 is 1. The zero-order chi connectivity index (χ0) is 9.47. The molecule has 0 saturated carbocycles. The average molecular weight is 183 g/mol. The van der Waals surface area contributed by atoms with Gasteiger partial charge in [-0.05, 0) is 39.5 Å². The summed E-state index contributed by atoms with van der Waals surface area (Å²) in [5, 5.41) is 0. The predicted octanol–water partition coefficient (Wildman–Crippen LogP) is 2.04. The predicted molar refractivity (Wildman–Crippen MR) is 53.8 cm³/mol. The van der Waals surface area contributed by atoms with E-state index in [1.807, 2.05) is 7.11 Å². The Morgan fingerprint density at radius 3 is 2.23 bits per heavy atom. The fourth-order valence-corrected chi connectivity index (χ4v) is 3.47. The second-order valence-electron chi connectivity index (χ2n) is 4.84. The molecule has 2 heteroatoms. The summed E-state index contributed by atoms with van der Waals surface area (Å²) in [5.41, 5.74) is 0.410. The van der Waals surface area contributed by atoms with E-state index in [4.69, 9.17) is 4.74 Å². The molecule has 2 nitrogen and oxygen atoms in total. The van der Waals surface area contributed by atoms with Crippen LogP contribution in [0.15, 0.2) is 0 Å². The molecule has 0 aromatic rings. The van der Waals surface area contributed by atoms with Crippen LogP contribution in [-0.4, -0.2) is 36.2 Å². The maximum atomic E-state index is 5.39. The van der Waals surface area contributed by atoms with Crippen molar-refractivity contribution in [2.45, 2.75) is 57.2 Å². The third-order valence-corrected chi connectivity index (χ3v) is 3.97. The number of fused-ring (bicyclic) bond motifs is 1. The van der Waals surface area contributed by atoms with Gasteiger partial charge in [0.2, 0.25) is 0 Å². The third kappa shape index (κ3) is 1.31. The van der Waals surface area contributed by atoms with Gasteiger partial charge in [0.25, 0.3) is 0 Å².